The Bertz CT molecular complexity index is 1150. The third kappa shape index (κ3) is 9.00. The molecule has 0 unspecified atom stereocenters. The molecule has 7 nitrogen and oxygen atoms in total. The highest BCUT2D eigenvalue weighted by molar-refractivity contribution is 5.42. The van der Waals surface area contributed by atoms with Crippen molar-refractivity contribution in [1.29, 1.82) is 0 Å². The zero-order valence-corrected chi connectivity index (χ0v) is 23.8. The lowest BCUT2D eigenvalue weighted by molar-refractivity contribution is 0.0352. The molecule has 0 spiro atoms. The highest BCUT2D eigenvalue weighted by Gasteiger charge is 2.25. The highest BCUT2D eigenvalue weighted by Crippen LogP contribution is 2.33. The average molecular weight is 549 g/mol. The molecule has 1 aromatic carbocycles. The molecule has 0 saturated heterocycles. The predicted octanol–water partition coefficient (Wildman–Crippen LogP) is 5.77. The molecule has 2 heterocycles. The van der Waals surface area contributed by atoms with Crippen molar-refractivity contribution in [2.24, 2.45) is 11.8 Å². The SMILES string of the molecule is CC[C@@H]1CCC[C@H]([C@H](O)C[C@H](O)CCc2ccc(O)c(OCC[C@H](Cc3ccc[n-]3)c3ccnc(N)c3)c2)CC1. The lowest BCUT2D eigenvalue weighted by atomic mass is 9.89. The van der Waals surface area contributed by atoms with Gasteiger partial charge in [0.2, 0.25) is 0 Å². The summed E-state index contributed by atoms with van der Waals surface area (Å²) in [5.41, 5.74) is 9.02. The second-order valence-corrected chi connectivity index (χ2v) is 11.5. The standard InChI is InChI=1S/C33H46N3O4/c1-2-23-5-3-6-25(11-8-23)31(39)22-29(37)12-9-24-10-13-30(38)32(19-24)40-18-15-27(20-28-7-4-16-35-28)26-14-17-36-33(34)21-26/h4,7,10,13-14,16-17,19,21,23,25,27,29,31,37-39H,2-3,5-6,8-9,11-12,15,18,20,22H2,1H3,(H2,34,36)/q-1/t23-,25+,27-,29-,31-/m1/s1. The van der Waals surface area contributed by atoms with E-state index in [1.54, 1.807) is 18.5 Å². The van der Waals surface area contributed by atoms with Crippen molar-refractivity contribution in [1.82, 2.24) is 9.97 Å². The molecular weight excluding hydrogens is 502 g/mol. The van der Waals surface area contributed by atoms with Crippen molar-refractivity contribution in [3.8, 4) is 11.5 Å². The maximum absolute atomic E-state index is 10.8. The van der Waals surface area contributed by atoms with Crippen LogP contribution in [0, 0.1) is 11.8 Å². The first-order valence-corrected chi connectivity index (χ1v) is 15.0. The number of phenolic OH excluding ortho intramolecular Hbond substituents is 1. The molecule has 0 radical (unpaired) electrons. The van der Waals surface area contributed by atoms with Gasteiger partial charge in [-0.25, -0.2) is 4.98 Å². The van der Waals surface area contributed by atoms with Gasteiger partial charge in [0.15, 0.2) is 11.5 Å². The van der Waals surface area contributed by atoms with Gasteiger partial charge in [-0.15, -0.1) is 0 Å². The maximum Gasteiger partial charge on any atom is 0.161 e. The third-order valence-corrected chi connectivity index (χ3v) is 8.63. The van der Waals surface area contributed by atoms with Gasteiger partial charge < -0.3 is 30.8 Å². The first-order chi connectivity index (χ1) is 19.4. The lowest BCUT2D eigenvalue weighted by Crippen LogP contribution is -2.26. The van der Waals surface area contributed by atoms with Gasteiger partial charge in [0, 0.05) is 6.20 Å². The number of aromatic hydroxyl groups is 1. The number of aromatic nitrogens is 2. The molecule has 1 aliphatic rings. The van der Waals surface area contributed by atoms with Crippen molar-refractivity contribution in [3.05, 3.63) is 71.7 Å². The fourth-order valence-electron chi connectivity index (χ4n) is 6.08. The van der Waals surface area contributed by atoms with E-state index < -0.39 is 12.2 Å². The van der Waals surface area contributed by atoms with Crippen molar-refractivity contribution in [2.75, 3.05) is 12.3 Å². The van der Waals surface area contributed by atoms with E-state index in [0.717, 1.165) is 48.4 Å². The second-order valence-electron chi connectivity index (χ2n) is 11.5. The molecule has 7 heteroatoms. The van der Waals surface area contributed by atoms with Gasteiger partial charge in [-0.2, -0.15) is 11.9 Å². The molecular formula is C33H46N3O4-. The summed E-state index contributed by atoms with van der Waals surface area (Å²) in [5, 5.41) is 31.9. The molecule has 1 saturated carbocycles. The van der Waals surface area contributed by atoms with Gasteiger partial charge in [0.05, 0.1) is 18.8 Å². The number of ether oxygens (including phenoxy) is 1. The fourth-order valence-corrected chi connectivity index (χ4v) is 6.08. The Hall–Kier alpha value is -3.03. The molecule has 0 aliphatic heterocycles. The predicted molar refractivity (Wildman–Crippen MR) is 158 cm³/mol. The topological polar surface area (TPSA) is 123 Å². The van der Waals surface area contributed by atoms with E-state index >= 15 is 0 Å². The molecule has 5 N–H and O–H groups in total. The molecule has 0 bridgehead atoms. The second kappa shape index (κ2) is 15.1. The summed E-state index contributed by atoms with van der Waals surface area (Å²) in [7, 11) is 0. The van der Waals surface area contributed by atoms with E-state index in [9.17, 15) is 15.3 Å². The minimum absolute atomic E-state index is 0.0980. The minimum Gasteiger partial charge on any atom is -0.668 e. The first kappa shape index (κ1) is 29.9. The molecule has 5 atom stereocenters. The van der Waals surface area contributed by atoms with Gasteiger partial charge >= 0.3 is 0 Å². The molecule has 2 aromatic heterocycles. The van der Waals surface area contributed by atoms with Crippen molar-refractivity contribution in [3.63, 3.8) is 0 Å². The van der Waals surface area contributed by atoms with Crippen molar-refractivity contribution < 1.29 is 20.1 Å². The Kier molecular flexibility index (Phi) is 11.3. The van der Waals surface area contributed by atoms with Crippen LogP contribution in [0.25, 0.3) is 0 Å². The van der Waals surface area contributed by atoms with Gasteiger partial charge in [0.25, 0.3) is 0 Å². The Labute approximate surface area is 238 Å². The number of rotatable bonds is 14. The lowest BCUT2D eigenvalue weighted by Gasteiger charge is -2.24. The van der Waals surface area contributed by atoms with Crippen LogP contribution in [0.2, 0.25) is 0 Å². The van der Waals surface area contributed by atoms with Crippen LogP contribution in [0.4, 0.5) is 5.82 Å². The number of aliphatic hydroxyl groups excluding tert-OH is 2. The summed E-state index contributed by atoms with van der Waals surface area (Å²) in [4.78, 5) is 8.53. The quantitative estimate of drug-likeness (QED) is 0.189. The molecule has 40 heavy (non-hydrogen) atoms. The largest absolute Gasteiger partial charge is 0.668 e. The highest BCUT2D eigenvalue weighted by atomic mass is 16.5. The fraction of sp³-hybridized carbons (Fsp3) is 0.545. The number of hydrogen-bond acceptors (Lipinski definition) is 6. The molecule has 0 amide bonds. The molecule has 1 fully saturated rings. The maximum atomic E-state index is 10.8. The first-order valence-electron chi connectivity index (χ1n) is 15.0. The third-order valence-electron chi connectivity index (χ3n) is 8.63. The number of nitrogen functional groups attached to an aromatic ring is 1. The van der Waals surface area contributed by atoms with E-state index in [-0.39, 0.29) is 11.7 Å². The molecule has 1 aliphatic carbocycles. The van der Waals surface area contributed by atoms with Gasteiger partial charge in [-0.3, -0.25) is 0 Å². The summed E-state index contributed by atoms with van der Waals surface area (Å²) in [6, 6.07) is 13.2. The van der Waals surface area contributed by atoms with Crippen LogP contribution in [0.15, 0.2) is 54.9 Å². The van der Waals surface area contributed by atoms with Crippen LogP contribution >= 0.6 is 0 Å². The summed E-state index contributed by atoms with van der Waals surface area (Å²) in [6.45, 7) is 2.67. The molecule has 218 valence electrons. The Morgan fingerprint density at radius 2 is 1.95 bits per heavy atom. The number of hydrogen-bond donors (Lipinski definition) is 4. The summed E-state index contributed by atoms with van der Waals surface area (Å²) < 4.78 is 6.04. The Morgan fingerprint density at radius 1 is 1.07 bits per heavy atom. The Morgan fingerprint density at radius 3 is 2.73 bits per heavy atom. The number of nitrogens with two attached hydrogens (primary N) is 1. The zero-order chi connectivity index (χ0) is 28.3. The van der Waals surface area contributed by atoms with Crippen LogP contribution in [0.1, 0.15) is 87.4 Å². The van der Waals surface area contributed by atoms with Crippen LogP contribution in [0.5, 0.6) is 11.5 Å². The summed E-state index contributed by atoms with van der Waals surface area (Å²) >= 11 is 0. The number of phenols is 1. The van der Waals surface area contributed by atoms with Crippen LogP contribution in [-0.4, -0.2) is 39.1 Å². The van der Waals surface area contributed by atoms with Crippen molar-refractivity contribution >= 4 is 5.82 Å². The number of aryl methyl sites for hydroxylation is 1. The Balaban J connectivity index is 1.28. The van der Waals surface area contributed by atoms with E-state index in [0.29, 0.717) is 43.4 Å². The summed E-state index contributed by atoms with van der Waals surface area (Å²) in [5.74, 6) is 2.25. The van der Waals surface area contributed by atoms with Gasteiger partial charge in [-0.05, 0) is 98.1 Å². The van der Waals surface area contributed by atoms with E-state index in [4.69, 9.17) is 10.5 Å². The molecule has 3 aromatic rings. The number of aliphatic hydroxyl groups is 2. The molecule has 4 rings (SSSR count). The van der Waals surface area contributed by atoms with Crippen LogP contribution < -0.4 is 15.5 Å². The van der Waals surface area contributed by atoms with E-state index in [2.05, 4.69) is 16.9 Å². The van der Waals surface area contributed by atoms with E-state index in [1.807, 2.05) is 36.4 Å². The van der Waals surface area contributed by atoms with Gasteiger partial charge in [-0.1, -0.05) is 50.8 Å². The monoisotopic (exact) mass is 548 g/mol. The normalized spacial score (nSPS) is 20.0. The van der Waals surface area contributed by atoms with Crippen LogP contribution in [0.3, 0.4) is 0 Å². The average Bonchev–Trinajstić information content (AvgIpc) is 3.34. The smallest absolute Gasteiger partial charge is 0.161 e. The zero-order valence-electron chi connectivity index (χ0n) is 23.8. The number of nitrogens with zero attached hydrogens (tertiary/aromatic N) is 2. The minimum atomic E-state index is -0.559. The van der Waals surface area contributed by atoms with Gasteiger partial charge in [0.1, 0.15) is 5.82 Å². The number of benzene rings is 1. The summed E-state index contributed by atoms with van der Waals surface area (Å²) in [6.07, 6.45) is 12.6. The number of pyridine rings is 1. The van der Waals surface area contributed by atoms with E-state index in [1.165, 1.54) is 25.7 Å². The van der Waals surface area contributed by atoms with Crippen molar-refractivity contribution in [2.45, 2.75) is 95.7 Å². The van der Waals surface area contributed by atoms with Crippen LogP contribution in [-0.2, 0) is 12.8 Å². The number of anilines is 1.